The van der Waals surface area contributed by atoms with E-state index in [-0.39, 0.29) is 37.6 Å². The standard InChI is InChI=1S/C16H24O6/c1-12(17)8-14(19)21-10-16(6-4-3-5-7-16)11-22-15(20)9-13(2)18/h3-11H2,1-2H3. The van der Waals surface area contributed by atoms with Crippen molar-refractivity contribution in [1.82, 2.24) is 0 Å². The maximum Gasteiger partial charge on any atom is 0.313 e. The molecule has 1 fully saturated rings. The average molecular weight is 312 g/mol. The molecule has 0 aromatic rings. The van der Waals surface area contributed by atoms with Gasteiger partial charge in [-0.25, -0.2) is 0 Å². The van der Waals surface area contributed by atoms with E-state index in [1.165, 1.54) is 13.8 Å². The summed E-state index contributed by atoms with van der Waals surface area (Å²) in [7, 11) is 0. The van der Waals surface area contributed by atoms with Gasteiger partial charge in [0.15, 0.2) is 0 Å². The maximum atomic E-state index is 11.5. The van der Waals surface area contributed by atoms with Crippen molar-refractivity contribution in [1.29, 1.82) is 0 Å². The van der Waals surface area contributed by atoms with E-state index >= 15 is 0 Å². The molecule has 6 heteroatoms. The molecule has 0 unspecified atom stereocenters. The van der Waals surface area contributed by atoms with Crippen LogP contribution in [0.4, 0.5) is 0 Å². The highest BCUT2D eigenvalue weighted by Crippen LogP contribution is 2.37. The number of carbonyl (C=O) groups excluding carboxylic acids is 4. The Balaban J connectivity index is 2.54. The summed E-state index contributed by atoms with van der Waals surface area (Å²) in [6.45, 7) is 2.96. The Hall–Kier alpha value is -1.72. The van der Waals surface area contributed by atoms with Crippen LogP contribution in [0.25, 0.3) is 0 Å². The second kappa shape index (κ2) is 8.66. The van der Waals surface area contributed by atoms with Gasteiger partial charge in [-0.15, -0.1) is 0 Å². The van der Waals surface area contributed by atoms with Crippen molar-refractivity contribution in [3.63, 3.8) is 0 Å². The molecular formula is C16H24O6. The van der Waals surface area contributed by atoms with E-state index in [0.717, 1.165) is 32.1 Å². The third-order valence-electron chi connectivity index (χ3n) is 3.78. The minimum Gasteiger partial charge on any atom is -0.465 e. The molecule has 0 saturated heterocycles. The number of hydrogen-bond donors (Lipinski definition) is 0. The lowest BCUT2D eigenvalue weighted by Crippen LogP contribution is -2.36. The first-order chi connectivity index (χ1) is 10.3. The first kappa shape index (κ1) is 18.3. The second-order valence-electron chi connectivity index (χ2n) is 6.14. The molecule has 124 valence electrons. The van der Waals surface area contributed by atoms with Gasteiger partial charge in [-0.3, -0.25) is 19.2 Å². The summed E-state index contributed by atoms with van der Waals surface area (Å²) < 4.78 is 10.4. The molecule has 0 atom stereocenters. The van der Waals surface area contributed by atoms with Gasteiger partial charge in [-0.05, 0) is 26.7 Å². The highest BCUT2D eigenvalue weighted by Gasteiger charge is 2.35. The highest BCUT2D eigenvalue weighted by atomic mass is 16.5. The molecule has 1 saturated carbocycles. The summed E-state index contributed by atoms with van der Waals surface area (Å²) in [5.41, 5.74) is -0.392. The van der Waals surface area contributed by atoms with Gasteiger partial charge in [0.25, 0.3) is 0 Å². The Kier molecular flexibility index (Phi) is 7.21. The van der Waals surface area contributed by atoms with E-state index in [2.05, 4.69) is 0 Å². The highest BCUT2D eigenvalue weighted by molar-refractivity contribution is 5.94. The van der Waals surface area contributed by atoms with Gasteiger partial charge in [0.05, 0.1) is 0 Å². The number of hydrogen-bond acceptors (Lipinski definition) is 6. The molecule has 0 spiro atoms. The van der Waals surface area contributed by atoms with Crippen molar-refractivity contribution in [3.05, 3.63) is 0 Å². The van der Waals surface area contributed by atoms with Gasteiger partial charge < -0.3 is 9.47 Å². The van der Waals surface area contributed by atoms with E-state index < -0.39 is 17.4 Å². The quantitative estimate of drug-likeness (QED) is 0.503. The first-order valence-corrected chi connectivity index (χ1v) is 7.63. The van der Waals surface area contributed by atoms with Crippen LogP contribution in [0.2, 0.25) is 0 Å². The molecule has 0 bridgehead atoms. The minimum absolute atomic E-state index is 0.145. The number of esters is 2. The predicted octanol–water partition coefficient (Wildman–Crippen LogP) is 1.98. The summed E-state index contributed by atoms with van der Waals surface area (Å²) in [6, 6.07) is 0. The Labute approximate surface area is 130 Å². The Bertz CT molecular complexity index is 400. The van der Waals surface area contributed by atoms with Gasteiger partial charge >= 0.3 is 11.9 Å². The van der Waals surface area contributed by atoms with Crippen molar-refractivity contribution in [2.45, 2.75) is 58.8 Å². The van der Waals surface area contributed by atoms with Crippen molar-refractivity contribution in [2.75, 3.05) is 13.2 Å². The summed E-state index contributed by atoms with van der Waals surface area (Å²) in [5, 5.41) is 0. The Morgan fingerprint density at radius 3 is 1.55 bits per heavy atom. The molecule has 0 aliphatic heterocycles. The molecule has 0 aromatic carbocycles. The van der Waals surface area contributed by atoms with Crippen LogP contribution in [-0.2, 0) is 28.7 Å². The summed E-state index contributed by atoms with van der Waals surface area (Å²) >= 11 is 0. The minimum atomic E-state index is -0.549. The summed E-state index contributed by atoms with van der Waals surface area (Å²) in [6.07, 6.45) is 4.19. The number of rotatable bonds is 8. The molecular weight excluding hydrogens is 288 g/mol. The van der Waals surface area contributed by atoms with Crippen molar-refractivity contribution < 1.29 is 28.7 Å². The van der Waals surface area contributed by atoms with E-state index in [4.69, 9.17) is 9.47 Å². The van der Waals surface area contributed by atoms with Gasteiger partial charge in [-0.1, -0.05) is 19.3 Å². The largest absolute Gasteiger partial charge is 0.465 e. The number of carbonyl (C=O) groups is 4. The molecule has 1 aliphatic carbocycles. The summed E-state index contributed by atoms with van der Waals surface area (Å²) in [4.78, 5) is 44.9. The zero-order valence-corrected chi connectivity index (χ0v) is 13.3. The third-order valence-corrected chi connectivity index (χ3v) is 3.78. The van der Waals surface area contributed by atoms with Crippen LogP contribution in [0.5, 0.6) is 0 Å². The molecule has 0 N–H and O–H groups in total. The Morgan fingerprint density at radius 1 is 0.773 bits per heavy atom. The van der Waals surface area contributed by atoms with Crippen LogP contribution >= 0.6 is 0 Å². The van der Waals surface area contributed by atoms with E-state index in [0.29, 0.717) is 0 Å². The van der Waals surface area contributed by atoms with E-state index in [1.807, 2.05) is 0 Å². The molecule has 1 rings (SSSR count). The third kappa shape index (κ3) is 6.83. The van der Waals surface area contributed by atoms with Crippen molar-refractivity contribution in [3.8, 4) is 0 Å². The van der Waals surface area contributed by atoms with Gasteiger partial charge in [0, 0.05) is 5.41 Å². The Morgan fingerprint density at radius 2 is 1.18 bits per heavy atom. The molecule has 1 aliphatic rings. The monoisotopic (exact) mass is 312 g/mol. The number of ether oxygens (including phenoxy) is 2. The molecule has 22 heavy (non-hydrogen) atoms. The van der Waals surface area contributed by atoms with Gasteiger partial charge in [-0.2, -0.15) is 0 Å². The fourth-order valence-corrected chi connectivity index (χ4v) is 2.61. The topological polar surface area (TPSA) is 86.7 Å². The van der Waals surface area contributed by atoms with Crippen LogP contribution in [0, 0.1) is 5.41 Å². The van der Waals surface area contributed by atoms with Gasteiger partial charge in [0.2, 0.25) is 0 Å². The predicted molar refractivity (Wildman–Crippen MR) is 78.0 cm³/mol. The van der Waals surface area contributed by atoms with Crippen LogP contribution < -0.4 is 0 Å². The average Bonchev–Trinajstić information content (AvgIpc) is 2.43. The molecule has 0 radical (unpaired) electrons. The molecule has 6 nitrogen and oxygen atoms in total. The van der Waals surface area contributed by atoms with E-state index in [1.54, 1.807) is 0 Å². The lowest BCUT2D eigenvalue weighted by Gasteiger charge is -2.35. The zero-order chi connectivity index (χ0) is 16.6. The fraction of sp³-hybridized carbons (Fsp3) is 0.750. The normalized spacial score (nSPS) is 16.6. The number of Topliss-reactive ketones (excluding diaryl/α,β-unsaturated/α-hetero) is 2. The smallest absolute Gasteiger partial charge is 0.313 e. The van der Waals surface area contributed by atoms with Crippen LogP contribution in [0.3, 0.4) is 0 Å². The van der Waals surface area contributed by atoms with Crippen molar-refractivity contribution >= 4 is 23.5 Å². The molecule has 0 aromatic heterocycles. The summed E-state index contributed by atoms with van der Waals surface area (Å²) in [5.74, 6) is -1.58. The van der Waals surface area contributed by atoms with E-state index in [9.17, 15) is 19.2 Å². The zero-order valence-electron chi connectivity index (χ0n) is 13.3. The first-order valence-electron chi connectivity index (χ1n) is 7.63. The SMILES string of the molecule is CC(=O)CC(=O)OCC1(COC(=O)CC(C)=O)CCCCC1. The maximum absolute atomic E-state index is 11.5. The second-order valence-corrected chi connectivity index (χ2v) is 6.14. The van der Waals surface area contributed by atoms with Crippen molar-refractivity contribution in [2.24, 2.45) is 5.41 Å². The fourth-order valence-electron chi connectivity index (χ4n) is 2.61. The van der Waals surface area contributed by atoms with Crippen LogP contribution in [0.15, 0.2) is 0 Å². The van der Waals surface area contributed by atoms with Gasteiger partial charge in [0.1, 0.15) is 37.6 Å². The lowest BCUT2D eigenvalue weighted by atomic mass is 9.75. The number of ketones is 2. The van der Waals surface area contributed by atoms with Crippen LogP contribution in [-0.4, -0.2) is 36.7 Å². The molecule has 0 amide bonds. The lowest BCUT2D eigenvalue weighted by molar-refractivity contribution is -0.156. The molecule has 0 heterocycles. The van der Waals surface area contributed by atoms with Crippen LogP contribution in [0.1, 0.15) is 58.8 Å².